The number of aliphatic hydroxyl groups is 4. The second-order valence-corrected chi connectivity index (χ2v) is 2.92. The lowest BCUT2D eigenvalue weighted by Crippen LogP contribution is -2.58. The second kappa shape index (κ2) is 4.05. The molecule has 74 valence electrons. The Kier molecular flexibility index (Phi) is 3.25. The molecular formula is C8H12O5. The fourth-order valence-electron chi connectivity index (χ4n) is 1.24. The molecule has 0 saturated carbocycles. The Morgan fingerprint density at radius 1 is 1.15 bits per heavy atom. The van der Waals surface area contributed by atoms with Gasteiger partial charge in [0.25, 0.3) is 0 Å². The average molecular weight is 188 g/mol. The number of hydrogen-bond donors (Lipinski definition) is 4. The van der Waals surface area contributed by atoms with Crippen molar-refractivity contribution < 1.29 is 25.2 Å². The van der Waals surface area contributed by atoms with Crippen LogP contribution in [0.5, 0.6) is 0 Å². The minimum Gasteiger partial charge on any atom is -0.394 e. The first kappa shape index (κ1) is 10.4. The Hall–Kier alpha value is -0.640. The maximum absolute atomic E-state index is 9.26. The Labute approximate surface area is 75.6 Å². The fraction of sp³-hybridized carbons (Fsp3) is 0.750. The zero-order valence-corrected chi connectivity index (χ0v) is 6.87. The zero-order valence-electron chi connectivity index (χ0n) is 6.87. The van der Waals surface area contributed by atoms with E-state index in [0.29, 0.717) is 0 Å². The van der Waals surface area contributed by atoms with Crippen LogP contribution >= 0.6 is 0 Å². The molecule has 0 aromatic heterocycles. The first-order chi connectivity index (χ1) is 6.11. The van der Waals surface area contributed by atoms with Gasteiger partial charge in [-0.05, 0) is 0 Å². The van der Waals surface area contributed by atoms with E-state index in [1.165, 1.54) is 0 Å². The summed E-state index contributed by atoms with van der Waals surface area (Å²) >= 11 is 0. The van der Waals surface area contributed by atoms with Gasteiger partial charge in [-0.3, -0.25) is 0 Å². The van der Waals surface area contributed by atoms with Gasteiger partial charge in [-0.2, -0.15) is 0 Å². The molecule has 1 fully saturated rings. The third-order valence-corrected chi connectivity index (χ3v) is 2.06. The predicted octanol–water partition coefficient (Wildman–Crippen LogP) is -2.54. The Balaban J connectivity index is 2.73. The van der Waals surface area contributed by atoms with Gasteiger partial charge in [-0.25, -0.2) is 0 Å². The topological polar surface area (TPSA) is 90.2 Å². The summed E-state index contributed by atoms with van der Waals surface area (Å²) in [6.07, 6.45) is -0.941. The third kappa shape index (κ3) is 1.82. The molecule has 1 aliphatic heterocycles. The van der Waals surface area contributed by atoms with E-state index in [-0.39, 0.29) is 0 Å². The van der Waals surface area contributed by atoms with Crippen LogP contribution in [0.3, 0.4) is 0 Å². The van der Waals surface area contributed by atoms with E-state index < -0.39 is 37.1 Å². The number of aliphatic hydroxyl groups excluding tert-OH is 4. The molecule has 4 unspecified atom stereocenters. The van der Waals surface area contributed by atoms with E-state index in [2.05, 4.69) is 5.92 Å². The molecule has 0 aliphatic carbocycles. The number of terminal acetylenes is 1. The van der Waals surface area contributed by atoms with Crippen LogP contribution in [0.15, 0.2) is 0 Å². The van der Waals surface area contributed by atoms with Crippen LogP contribution in [0, 0.1) is 12.3 Å². The highest BCUT2D eigenvalue weighted by Crippen LogP contribution is 2.20. The van der Waals surface area contributed by atoms with Crippen LogP contribution < -0.4 is 0 Å². The molecule has 5 atom stereocenters. The molecule has 1 heterocycles. The van der Waals surface area contributed by atoms with Gasteiger partial charge in [0, 0.05) is 0 Å². The lowest BCUT2D eigenvalue weighted by atomic mass is 9.96. The van der Waals surface area contributed by atoms with Gasteiger partial charge in [0.15, 0.2) is 0 Å². The fourth-order valence-corrected chi connectivity index (χ4v) is 1.24. The summed E-state index contributed by atoms with van der Waals surface area (Å²) in [4.78, 5) is 0. The highest BCUT2D eigenvalue weighted by Gasteiger charge is 2.42. The number of rotatable bonds is 1. The average Bonchev–Trinajstić information content (AvgIpc) is 2.15. The summed E-state index contributed by atoms with van der Waals surface area (Å²) in [5.74, 6) is 2.11. The molecule has 1 aliphatic rings. The summed E-state index contributed by atoms with van der Waals surface area (Å²) in [5.41, 5.74) is 0. The summed E-state index contributed by atoms with van der Waals surface area (Å²) in [6.45, 7) is -0.455. The van der Waals surface area contributed by atoms with Crippen LogP contribution in [0.1, 0.15) is 0 Å². The molecule has 5 heteroatoms. The van der Waals surface area contributed by atoms with Crippen molar-refractivity contribution in [1.82, 2.24) is 0 Å². The molecule has 0 amide bonds. The Bertz CT molecular complexity index is 209. The third-order valence-electron chi connectivity index (χ3n) is 2.06. The van der Waals surface area contributed by atoms with E-state index in [9.17, 15) is 15.3 Å². The van der Waals surface area contributed by atoms with Gasteiger partial charge < -0.3 is 25.2 Å². The normalized spacial score (nSPS) is 45.6. The second-order valence-electron chi connectivity index (χ2n) is 2.92. The lowest BCUT2D eigenvalue weighted by molar-refractivity contribution is -0.214. The minimum atomic E-state index is -1.38. The van der Waals surface area contributed by atoms with Gasteiger partial charge in [-0.15, -0.1) is 6.42 Å². The van der Waals surface area contributed by atoms with E-state index in [0.717, 1.165) is 0 Å². The van der Waals surface area contributed by atoms with Crippen molar-refractivity contribution in [3.8, 4) is 12.3 Å². The molecule has 13 heavy (non-hydrogen) atoms. The van der Waals surface area contributed by atoms with Crippen molar-refractivity contribution in [2.45, 2.75) is 30.5 Å². The molecule has 0 spiro atoms. The van der Waals surface area contributed by atoms with E-state index in [1.807, 2.05) is 0 Å². The van der Waals surface area contributed by atoms with Crippen LogP contribution in [-0.2, 0) is 4.74 Å². The maximum atomic E-state index is 9.26. The van der Waals surface area contributed by atoms with Crippen LogP contribution in [0.4, 0.5) is 0 Å². The predicted molar refractivity (Wildman–Crippen MR) is 42.6 cm³/mol. The van der Waals surface area contributed by atoms with Crippen molar-refractivity contribution in [1.29, 1.82) is 0 Å². The zero-order chi connectivity index (χ0) is 10.0. The van der Waals surface area contributed by atoms with Crippen LogP contribution in [0.25, 0.3) is 0 Å². The number of hydrogen-bond acceptors (Lipinski definition) is 5. The van der Waals surface area contributed by atoms with Crippen molar-refractivity contribution in [2.75, 3.05) is 6.61 Å². The highest BCUT2D eigenvalue weighted by atomic mass is 16.5. The molecule has 1 saturated heterocycles. The molecule has 0 aromatic rings. The molecule has 1 rings (SSSR count). The molecule has 5 nitrogen and oxygen atoms in total. The van der Waals surface area contributed by atoms with Crippen molar-refractivity contribution in [3.63, 3.8) is 0 Å². The monoisotopic (exact) mass is 188 g/mol. The first-order valence-corrected chi connectivity index (χ1v) is 3.88. The van der Waals surface area contributed by atoms with E-state index >= 15 is 0 Å². The maximum Gasteiger partial charge on any atom is 0.146 e. The molecular weight excluding hydrogens is 176 g/mol. The minimum absolute atomic E-state index is 0.455. The first-order valence-electron chi connectivity index (χ1n) is 3.88. The Morgan fingerprint density at radius 3 is 2.23 bits per heavy atom. The molecule has 0 radical (unpaired) electrons. The highest BCUT2D eigenvalue weighted by molar-refractivity contribution is 5.05. The van der Waals surface area contributed by atoms with Gasteiger partial charge in [0.2, 0.25) is 0 Å². The van der Waals surface area contributed by atoms with E-state index in [4.69, 9.17) is 16.3 Å². The van der Waals surface area contributed by atoms with Gasteiger partial charge >= 0.3 is 0 Å². The van der Waals surface area contributed by atoms with Gasteiger partial charge in [0.05, 0.1) is 6.61 Å². The molecule has 4 N–H and O–H groups in total. The van der Waals surface area contributed by atoms with Crippen LogP contribution in [-0.4, -0.2) is 57.6 Å². The van der Waals surface area contributed by atoms with Crippen molar-refractivity contribution >= 4 is 0 Å². The number of ether oxygens (including phenoxy) is 1. The quantitative estimate of drug-likeness (QED) is 0.340. The molecule has 0 aromatic carbocycles. The van der Waals surface area contributed by atoms with Gasteiger partial charge in [0.1, 0.15) is 30.5 Å². The smallest absolute Gasteiger partial charge is 0.146 e. The standard InChI is InChI=1S/C8H12O5/c1-2-4-6(10)8(12)7(11)5(3-9)13-4/h1,4-12H,3H2/t4?,5?,6?,7-,8?/m1/s1. The summed E-state index contributed by atoms with van der Waals surface area (Å²) < 4.78 is 4.93. The largest absolute Gasteiger partial charge is 0.394 e. The van der Waals surface area contributed by atoms with Crippen molar-refractivity contribution in [2.24, 2.45) is 0 Å². The van der Waals surface area contributed by atoms with Gasteiger partial charge in [-0.1, -0.05) is 5.92 Å². The summed E-state index contributed by atoms with van der Waals surface area (Å²) in [6, 6.07) is 0. The van der Waals surface area contributed by atoms with E-state index in [1.54, 1.807) is 0 Å². The summed E-state index contributed by atoms with van der Waals surface area (Å²) in [7, 11) is 0. The Morgan fingerprint density at radius 2 is 1.77 bits per heavy atom. The SMILES string of the molecule is C#CC1OC(CO)[C@@H](O)C(O)C1O. The van der Waals surface area contributed by atoms with Crippen molar-refractivity contribution in [3.05, 3.63) is 0 Å². The molecule has 0 bridgehead atoms. The van der Waals surface area contributed by atoms with Crippen LogP contribution in [0.2, 0.25) is 0 Å². The summed E-state index contributed by atoms with van der Waals surface area (Å²) in [5, 5.41) is 36.5. The lowest BCUT2D eigenvalue weighted by Gasteiger charge is -2.37.